The number of carbonyl (C=O) groups is 1. The Morgan fingerprint density at radius 3 is 2.79 bits per heavy atom. The van der Waals surface area contributed by atoms with Crippen LogP contribution in [0.1, 0.15) is 34.1 Å². The average molecular weight is 417 g/mol. The molecule has 4 rings (SSSR count). The van der Waals surface area contributed by atoms with Gasteiger partial charge < -0.3 is 10.6 Å². The van der Waals surface area contributed by atoms with Gasteiger partial charge in [-0.05, 0) is 51.7 Å². The van der Waals surface area contributed by atoms with Crippen LogP contribution in [0.15, 0.2) is 42.5 Å². The maximum Gasteiger partial charge on any atom is 0.245 e. The van der Waals surface area contributed by atoms with Crippen LogP contribution in [0.3, 0.4) is 0 Å². The fourth-order valence-corrected chi connectivity index (χ4v) is 3.47. The van der Waals surface area contributed by atoms with E-state index in [-0.39, 0.29) is 24.1 Å². The van der Waals surface area contributed by atoms with Crippen molar-refractivity contribution in [1.82, 2.24) is 30.8 Å². The average Bonchev–Trinajstić information content (AvgIpc) is 3.32. The van der Waals surface area contributed by atoms with Gasteiger partial charge in [-0.1, -0.05) is 30.3 Å². The molecule has 0 fully saturated rings. The predicted octanol–water partition coefficient (Wildman–Crippen LogP) is 2.25. The van der Waals surface area contributed by atoms with Gasteiger partial charge in [0.2, 0.25) is 5.91 Å². The first-order chi connectivity index (χ1) is 13.6. The van der Waals surface area contributed by atoms with E-state index in [1.807, 2.05) is 6.07 Å². The molecule has 29 heavy (non-hydrogen) atoms. The number of halogens is 2. The van der Waals surface area contributed by atoms with Crippen LogP contribution in [0.5, 0.6) is 0 Å². The monoisotopic (exact) mass is 416 g/mol. The van der Waals surface area contributed by atoms with Crippen molar-refractivity contribution in [3.8, 4) is 0 Å². The van der Waals surface area contributed by atoms with Crippen LogP contribution in [0.4, 0.5) is 4.39 Å². The van der Waals surface area contributed by atoms with Crippen molar-refractivity contribution >= 4 is 18.3 Å². The third-order valence-corrected chi connectivity index (χ3v) is 4.94. The number of benzene rings is 2. The van der Waals surface area contributed by atoms with E-state index in [4.69, 9.17) is 0 Å². The van der Waals surface area contributed by atoms with E-state index >= 15 is 0 Å². The van der Waals surface area contributed by atoms with Gasteiger partial charge in [-0.3, -0.25) is 4.79 Å². The molecule has 3 aromatic rings. The van der Waals surface area contributed by atoms with Crippen molar-refractivity contribution in [3.05, 3.63) is 76.4 Å². The number of hydrogen-bond acceptors (Lipinski definition) is 5. The van der Waals surface area contributed by atoms with E-state index in [0.29, 0.717) is 24.4 Å². The highest BCUT2D eigenvalue weighted by Crippen LogP contribution is 2.18. The summed E-state index contributed by atoms with van der Waals surface area (Å²) in [6, 6.07) is 11.8. The molecule has 0 saturated heterocycles. The molecule has 0 aliphatic carbocycles. The zero-order valence-electron chi connectivity index (χ0n) is 15.9. The zero-order valence-corrected chi connectivity index (χ0v) is 16.7. The van der Waals surface area contributed by atoms with E-state index in [9.17, 15) is 9.18 Å². The molecule has 0 bridgehead atoms. The molecule has 152 valence electrons. The molecule has 0 radical (unpaired) electrons. The van der Waals surface area contributed by atoms with Gasteiger partial charge in [0.15, 0.2) is 0 Å². The first-order valence-electron chi connectivity index (χ1n) is 9.18. The normalized spacial score (nSPS) is 13.4. The molecule has 1 atom stereocenters. The van der Waals surface area contributed by atoms with Gasteiger partial charge >= 0.3 is 0 Å². The third kappa shape index (κ3) is 4.78. The highest BCUT2D eigenvalue weighted by Gasteiger charge is 2.24. The molecular formula is C20H22ClFN6O. The summed E-state index contributed by atoms with van der Waals surface area (Å²) in [6.45, 7) is 3.88. The van der Waals surface area contributed by atoms with E-state index in [2.05, 4.69) is 38.3 Å². The minimum Gasteiger partial charge on any atom is -0.350 e. The maximum atomic E-state index is 13.6. The number of nitrogens with one attached hydrogen (secondary N) is 2. The lowest BCUT2D eigenvalue weighted by Crippen LogP contribution is -2.34. The van der Waals surface area contributed by atoms with Gasteiger partial charge in [-0.25, -0.2) is 9.07 Å². The van der Waals surface area contributed by atoms with Gasteiger partial charge in [0.05, 0.1) is 0 Å². The summed E-state index contributed by atoms with van der Waals surface area (Å²) in [6.07, 6.45) is 0.295. The van der Waals surface area contributed by atoms with E-state index in [1.165, 1.54) is 27.9 Å². The smallest absolute Gasteiger partial charge is 0.245 e. The van der Waals surface area contributed by atoms with E-state index < -0.39 is 6.04 Å². The van der Waals surface area contributed by atoms with Gasteiger partial charge in [0.1, 0.15) is 17.7 Å². The van der Waals surface area contributed by atoms with Crippen molar-refractivity contribution in [3.63, 3.8) is 0 Å². The Kier molecular flexibility index (Phi) is 6.56. The van der Waals surface area contributed by atoms with Crippen molar-refractivity contribution in [1.29, 1.82) is 0 Å². The Labute approximate surface area is 174 Å². The second kappa shape index (κ2) is 9.11. The topological polar surface area (TPSA) is 84.7 Å². The number of hydrogen-bond donors (Lipinski definition) is 2. The number of tetrazole rings is 1. The second-order valence-corrected chi connectivity index (χ2v) is 6.94. The summed E-state index contributed by atoms with van der Waals surface area (Å²) >= 11 is 0. The molecule has 9 heteroatoms. The SMILES string of the molecule is Cc1nnnn1C(Cc1cccc(F)c1)C(=O)NCc1ccc2c(c1)CNC2.Cl. The van der Waals surface area contributed by atoms with Gasteiger partial charge in [0.25, 0.3) is 0 Å². The molecule has 1 aliphatic heterocycles. The standard InChI is InChI=1S/C20H21FN6O.ClH/c1-13-24-25-26-27(13)19(9-14-3-2-4-18(21)8-14)20(28)23-10-15-5-6-16-11-22-12-17(16)7-15;/h2-8,19,22H,9-12H2,1H3,(H,23,28);1H. The lowest BCUT2D eigenvalue weighted by molar-refractivity contribution is -0.124. The Balaban J connectivity index is 0.00000240. The molecule has 1 aliphatic rings. The quantitative estimate of drug-likeness (QED) is 0.643. The summed E-state index contributed by atoms with van der Waals surface area (Å²) in [4.78, 5) is 13.0. The zero-order chi connectivity index (χ0) is 19.5. The molecular weight excluding hydrogens is 395 g/mol. The number of nitrogens with zero attached hydrogens (tertiary/aromatic N) is 4. The van der Waals surface area contributed by atoms with Crippen molar-refractivity contribution in [2.75, 3.05) is 0 Å². The van der Waals surface area contributed by atoms with Gasteiger partial charge in [0, 0.05) is 26.1 Å². The van der Waals surface area contributed by atoms with Gasteiger partial charge in [-0.2, -0.15) is 0 Å². The molecule has 1 aromatic heterocycles. The summed E-state index contributed by atoms with van der Waals surface area (Å²) < 4.78 is 15.0. The lowest BCUT2D eigenvalue weighted by Gasteiger charge is -2.18. The van der Waals surface area contributed by atoms with Crippen molar-refractivity contribution in [2.24, 2.45) is 0 Å². The van der Waals surface area contributed by atoms with Gasteiger partial charge in [-0.15, -0.1) is 17.5 Å². The number of rotatable bonds is 6. The Bertz CT molecular complexity index is 1010. The first-order valence-corrected chi connectivity index (χ1v) is 9.18. The van der Waals surface area contributed by atoms with Crippen LogP contribution in [0, 0.1) is 12.7 Å². The van der Waals surface area contributed by atoms with Crippen molar-refractivity contribution < 1.29 is 9.18 Å². The minimum absolute atomic E-state index is 0. The van der Waals surface area contributed by atoms with Crippen LogP contribution < -0.4 is 10.6 Å². The second-order valence-electron chi connectivity index (χ2n) is 6.94. The number of fused-ring (bicyclic) bond motifs is 1. The molecule has 0 spiro atoms. The van der Waals surface area contributed by atoms with Crippen LogP contribution in [-0.4, -0.2) is 26.1 Å². The maximum absolute atomic E-state index is 13.6. The van der Waals surface area contributed by atoms with Crippen LogP contribution in [0.2, 0.25) is 0 Å². The molecule has 2 aromatic carbocycles. The Hall–Kier alpha value is -2.84. The Morgan fingerprint density at radius 2 is 2.03 bits per heavy atom. The van der Waals surface area contributed by atoms with E-state index in [1.54, 1.807) is 19.1 Å². The molecule has 1 amide bonds. The summed E-state index contributed by atoms with van der Waals surface area (Å²) in [5.74, 6) is -0.0183. The largest absolute Gasteiger partial charge is 0.350 e. The molecule has 1 unspecified atom stereocenters. The number of aromatic nitrogens is 4. The van der Waals surface area contributed by atoms with Crippen molar-refractivity contribution in [2.45, 2.75) is 39.0 Å². The highest BCUT2D eigenvalue weighted by atomic mass is 35.5. The number of aryl methyl sites for hydroxylation is 1. The third-order valence-electron chi connectivity index (χ3n) is 4.94. The summed E-state index contributed by atoms with van der Waals surface area (Å²) in [5.41, 5.74) is 4.30. The summed E-state index contributed by atoms with van der Waals surface area (Å²) in [7, 11) is 0. The van der Waals surface area contributed by atoms with Crippen LogP contribution >= 0.6 is 12.4 Å². The fourth-order valence-electron chi connectivity index (χ4n) is 3.47. The molecule has 2 N–H and O–H groups in total. The summed E-state index contributed by atoms with van der Waals surface area (Å²) in [5, 5.41) is 17.8. The number of amides is 1. The van der Waals surface area contributed by atoms with E-state index in [0.717, 1.165) is 18.7 Å². The first kappa shape index (κ1) is 20.9. The van der Waals surface area contributed by atoms with Crippen LogP contribution in [0.25, 0.3) is 0 Å². The fraction of sp³-hybridized carbons (Fsp3) is 0.300. The molecule has 2 heterocycles. The minimum atomic E-state index is -0.659. The molecule has 7 nitrogen and oxygen atoms in total. The number of carbonyl (C=O) groups excluding carboxylic acids is 1. The Morgan fingerprint density at radius 1 is 1.21 bits per heavy atom. The van der Waals surface area contributed by atoms with Crippen LogP contribution in [-0.2, 0) is 30.8 Å². The highest BCUT2D eigenvalue weighted by molar-refractivity contribution is 5.85. The molecule has 0 saturated carbocycles. The lowest BCUT2D eigenvalue weighted by atomic mass is 10.0. The predicted molar refractivity (Wildman–Crippen MR) is 108 cm³/mol.